The highest BCUT2D eigenvalue weighted by Crippen LogP contribution is 2.64. The third kappa shape index (κ3) is 6.98. The van der Waals surface area contributed by atoms with Crippen LogP contribution in [0.15, 0.2) is 212 Å². The summed E-state index contributed by atoms with van der Waals surface area (Å²) in [6.07, 6.45) is 6.42. The second-order valence-corrected chi connectivity index (χ2v) is 23.9. The van der Waals surface area contributed by atoms with Gasteiger partial charge < -0.3 is 9.47 Å². The van der Waals surface area contributed by atoms with Crippen LogP contribution >= 0.6 is 0 Å². The van der Waals surface area contributed by atoms with E-state index in [1.54, 1.807) is 0 Å². The topological polar surface area (TPSA) is 8.17 Å². The molecule has 14 rings (SSSR count). The summed E-state index contributed by atoms with van der Waals surface area (Å²) in [5.41, 5.74) is 23.9. The molecule has 0 saturated heterocycles. The summed E-state index contributed by atoms with van der Waals surface area (Å²) < 4.78 is 2.43. The molecule has 1 aromatic heterocycles. The molecule has 1 fully saturated rings. The Labute approximate surface area is 443 Å². The Morgan fingerprint density at radius 3 is 1.68 bits per heavy atom. The average Bonchev–Trinajstić information content (AvgIpc) is 4.18. The zero-order chi connectivity index (χ0) is 50.8. The van der Waals surface area contributed by atoms with Gasteiger partial charge in [-0.2, -0.15) is 0 Å². The van der Waals surface area contributed by atoms with Crippen molar-refractivity contribution < 1.29 is 0 Å². The SMILES string of the molecule is CC(C)(C)c1ccc2c(c1)C1(c3ccccc3-c3ccc(N(c4ccc5c(c4)c4ccccc4n5-c4ccccc4)c4ccccc4-c4cccc5cccc(C6CCCCC6)c45)cc31)c1cc(C(C)(C)C)ccc1-2. The van der Waals surface area contributed by atoms with Crippen LogP contribution in [0.2, 0.25) is 0 Å². The standard InChI is InChI=1S/C73H64N2/c1-71(2,3)49-35-39-56-57-40-36-50(72(4,5)6)44-65(57)73(64(56)43-49)63-32-16-13-27-55(63)58-41-37-53(46-66(58)73)74(52-38-42-69-62(45-52)60-29-15-18-34-68(60)75(69)51-25-11-8-12-26-51)67-33-17-14-28-59(67)61-31-20-24-48-23-19-30-54(70(48)61)47-21-9-7-10-22-47/h8,11-20,23-47H,7,9-10,21-22H2,1-6H3. The van der Waals surface area contributed by atoms with Crippen molar-refractivity contribution in [1.82, 2.24) is 4.57 Å². The van der Waals surface area contributed by atoms with Gasteiger partial charge in [0, 0.05) is 33.4 Å². The number of hydrogen-bond acceptors (Lipinski definition) is 1. The summed E-state index contributed by atoms with van der Waals surface area (Å²) in [6.45, 7) is 14.1. The Kier molecular flexibility index (Phi) is 10.4. The highest BCUT2D eigenvalue weighted by molar-refractivity contribution is 6.11. The Morgan fingerprint density at radius 2 is 0.960 bits per heavy atom. The van der Waals surface area contributed by atoms with Crippen LogP contribution in [0.4, 0.5) is 17.1 Å². The van der Waals surface area contributed by atoms with Crippen LogP contribution in [0, 0.1) is 0 Å². The number of rotatable bonds is 6. The van der Waals surface area contributed by atoms with Crippen LogP contribution in [-0.2, 0) is 16.2 Å². The molecule has 3 aliphatic carbocycles. The number of hydrogen-bond donors (Lipinski definition) is 0. The molecule has 75 heavy (non-hydrogen) atoms. The molecule has 0 atom stereocenters. The van der Waals surface area contributed by atoms with Gasteiger partial charge in [-0.1, -0.05) is 219 Å². The van der Waals surface area contributed by atoms with Gasteiger partial charge in [0.2, 0.25) is 0 Å². The Balaban J connectivity index is 1.07. The van der Waals surface area contributed by atoms with Crippen molar-refractivity contribution in [1.29, 1.82) is 0 Å². The van der Waals surface area contributed by atoms with E-state index in [1.165, 1.54) is 137 Å². The summed E-state index contributed by atoms with van der Waals surface area (Å²) in [5.74, 6) is 0.556. The van der Waals surface area contributed by atoms with Crippen LogP contribution < -0.4 is 4.90 Å². The summed E-state index contributed by atoms with van der Waals surface area (Å²) >= 11 is 0. The molecule has 1 heterocycles. The fourth-order valence-corrected chi connectivity index (χ4v) is 13.9. The molecule has 11 aromatic rings. The Bertz CT molecular complexity index is 4000. The van der Waals surface area contributed by atoms with Gasteiger partial charge in [0.1, 0.15) is 0 Å². The molecule has 0 bridgehead atoms. The maximum atomic E-state index is 2.59. The van der Waals surface area contributed by atoms with Crippen LogP contribution in [0.5, 0.6) is 0 Å². The molecule has 0 aliphatic heterocycles. The van der Waals surface area contributed by atoms with Crippen molar-refractivity contribution in [3.8, 4) is 39.1 Å². The van der Waals surface area contributed by atoms with Gasteiger partial charge in [-0.3, -0.25) is 0 Å². The number of para-hydroxylation sites is 3. The molecule has 10 aromatic carbocycles. The molecule has 2 heteroatoms. The van der Waals surface area contributed by atoms with E-state index in [1.807, 2.05) is 0 Å². The van der Waals surface area contributed by atoms with Gasteiger partial charge in [0.05, 0.1) is 22.1 Å². The summed E-state index contributed by atoms with van der Waals surface area (Å²) in [4.78, 5) is 2.59. The average molecular weight is 969 g/mol. The highest BCUT2D eigenvalue weighted by atomic mass is 15.1. The summed E-state index contributed by atoms with van der Waals surface area (Å²) in [7, 11) is 0. The lowest BCUT2D eigenvalue weighted by atomic mass is 9.68. The second-order valence-electron chi connectivity index (χ2n) is 23.9. The zero-order valence-electron chi connectivity index (χ0n) is 44.2. The van der Waals surface area contributed by atoms with Crippen molar-refractivity contribution in [2.75, 3.05) is 4.90 Å². The lowest BCUT2D eigenvalue weighted by Gasteiger charge is -2.34. The first-order valence-electron chi connectivity index (χ1n) is 27.5. The molecule has 1 spiro atoms. The van der Waals surface area contributed by atoms with E-state index < -0.39 is 5.41 Å². The van der Waals surface area contributed by atoms with Gasteiger partial charge in [-0.15, -0.1) is 0 Å². The first-order valence-corrected chi connectivity index (χ1v) is 27.5. The van der Waals surface area contributed by atoms with Crippen LogP contribution in [0.3, 0.4) is 0 Å². The van der Waals surface area contributed by atoms with Gasteiger partial charge in [-0.05, 0) is 162 Å². The number of benzene rings is 10. The fourth-order valence-electron chi connectivity index (χ4n) is 13.9. The minimum absolute atomic E-state index is 0.0361. The first kappa shape index (κ1) is 45.7. The number of fused-ring (bicyclic) bond motifs is 14. The molecule has 2 nitrogen and oxygen atoms in total. The monoisotopic (exact) mass is 969 g/mol. The molecular formula is C73H64N2. The fraction of sp³-hybridized carbons (Fsp3) is 0.205. The van der Waals surface area contributed by atoms with Gasteiger partial charge in [-0.25, -0.2) is 0 Å². The quantitative estimate of drug-likeness (QED) is 0.161. The Morgan fingerprint density at radius 1 is 0.413 bits per heavy atom. The van der Waals surface area contributed by atoms with Crippen LogP contribution in [-0.4, -0.2) is 4.57 Å². The third-order valence-corrected chi connectivity index (χ3v) is 17.5. The third-order valence-electron chi connectivity index (χ3n) is 17.5. The number of nitrogens with zero attached hydrogens (tertiary/aromatic N) is 2. The molecule has 366 valence electrons. The van der Waals surface area contributed by atoms with Gasteiger partial charge >= 0.3 is 0 Å². The minimum Gasteiger partial charge on any atom is -0.310 e. The Hall–Kier alpha value is -7.94. The maximum Gasteiger partial charge on any atom is 0.0726 e. The van der Waals surface area contributed by atoms with Gasteiger partial charge in [0.25, 0.3) is 0 Å². The van der Waals surface area contributed by atoms with Crippen LogP contribution in [0.1, 0.15) is 119 Å². The van der Waals surface area contributed by atoms with Crippen molar-refractivity contribution in [3.63, 3.8) is 0 Å². The summed E-state index contributed by atoms with van der Waals surface area (Å²) in [6, 6.07) is 81.8. The minimum atomic E-state index is -0.544. The molecule has 0 unspecified atom stereocenters. The first-order chi connectivity index (χ1) is 36.5. The molecular weight excluding hydrogens is 905 g/mol. The molecule has 1 saturated carbocycles. The van der Waals surface area contributed by atoms with Crippen molar-refractivity contribution in [2.45, 2.75) is 95.8 Å². The normalized spacial score (nSPS) is 14.9. The lowest BCUT2D eigenvalue weighted by molar-refractivity contribution is 0.445. The highest BCUT2D eigenvalue weighted by Gasteiger charge is 2.52. The largest absolute Gasteiger partial charge is 0.310 e. The van der Waals surface area contributed by atoms with E-state index in [0.29, 0.717) is 5.92 Å². The number of aromatic nitrogens is 1. The van der Waals surface area contributed by atoms with Crippen molar-refractivity contribution >= 4 is 49.6 Å². The maximum absolute atomic E-state index is 2.59. The molecule has 0 N–H and O–H groups in total. The number of anilines is 3. The van der Waals surface area contributed by atoms with E-state index in [9.17, 15) is 0 Å². The smallest absolute Gasteiger partial charge is 0.0726 e. The van der Waals surface area contributed by atoms with E-state index in [0.717, 1.165) is 22.7 Å². The predicted molar refractivity (Wildman–Crippen MR) is 318 cm³/mol. The second kappa shape index (κ2) is 17.1. The van der Waals surface area contributed by atoms with E-state index in [2.05, 4.69) is 263 Å². The molecule has 0 amide bonds. The van der Waals surface area contributed by atoms with Crippen LogP contribution in [0.25, 0.3) is 71.6 Å². The summed E-state index contributed by atoms with van der Waals surface area (Å²) in [5, 5.41) is 5.18. The van der Waals surface area contributed by atoms with E-state index >= 15 is 0 Å². The van der Waals surface area contributed by atoms with E-state index in [-0.39, 0.29) is 10.8 Å². The zero-order valence-corrected chi connectivity index (χ0v) is 44.2. The molecule has 0 radical (unpaired) electrons. The lowest BCUT2D eigenvalue weighted by Crippen LogP contribution is -2.27. The molecule has 3 aliphatic rings. The van der Waals surface area contributed by atoms with Gasteiger partial charge in [0.15, 0.2) is 0 Å². The predicted octanol–water partition coefficient (Wildman–Crippen LogP) is 20.1. The van der Waals surface area contributed by atoms with Crippen molar-refractivity contribution in [3.05, 3.63) is 251 Å². The van der Waals surface area contributed by atoms with Crippen molar-refractivity contribution in [2.24, 2.45) is 0 Å². The van der Waals surface area contributed by atoms with E-state index in [4.69, 9.17) is 0 Å².